The molecule has 104 valence electrons. The molecule has 1 aliphatic rings. The Morgan fingerprint density at radius 2 is 2.05 bits per heavy atom. The van der Waals surface area contributed by atoms with Gasteiger partial charge in [-0.1, -0.05) is 48.9 Å². The van der Waals surface area contributed by atoms with E-state index >= 15 is 0 Å². The third-order valence-corrected chi connectivity index (χ3v) is 3.75. The third-order valence-electron chi connectivity index (χ3n) is 3.75. The highest BCUT2D eigenvalue weighted by Crippen LogP contribution is 2.23. The van der Waals surface area contributed by atoms with Gasteiger partial charge in [0.2, 0.25) is 0 Å². The van der Waals surface area contributed by atoms with Gasteiger partial charge < -0.3 is 5.32 Å². The van der Waals surface area contributed by atoms with Gasteiger partial charge in [0.15, 0.2) is 0 Å². The van der Waals surface area contributed by atoms with E-state index in [0.717, 1.165) is 19.6 Å². The minimum atomic E-state index is 0.497. The van der Waals surface area contributed by atoms with Crippen molar-refractivity contribution in [2.24, 2.45) is 0 Å². The Morgan fingerprint density at radius 3 is 2.74 bits per heavy atom. The summed E-state index contributed by atoms with van der Waals surface area (Å²) in [6.07, 6.45) is 4.75. The van der Waals surface area contributed by atoms with Crippen molar-refractivity contribution in [1.29, 1.82) is 0 Å². The van der Waals surface area contributed by atoms with Gasteiger partial charge in [0, 0.05) is 25.7 Å². The number of hydrogen-bond acceptors (Lipinski definition) is 2. The lowest BCUT2D eigenvalue weighted by molar-refractivity contribution is 0.204. The minimum Gasteiger partial charge on any atom is -0.315 e. The van der Waals surface area contributed by atoms with Crippen LogP contribution in [0.2, 0.25) is 0 Å². The first kappa shape index (κ1) is 14.3. The zero-order chi connectivity index (χ0) is 13.5. The van der Waals surface area contributed by atoms with Gasteiger partial charge in [0.05, 0.1) is 0 Å². The van der Waals surface area contributed by atoms with E-state index in [2.05, 4.69) is 60.5 Å². The summed E-state index contributed by atoms with van der Waals surface area (Å²) in [5.74, 6) is 0. The van der Waals surface area contributed by atoms with Crippen LogP contribution in [0.3, 0.4) is 0 Å². The summed E-state index contributed by atoms with van der Waals surface area (Å²) in [6.45, 7) is 8.89. The van der Waals surface area contributed by atoms with E-state index in [1.807, 2.05) is 0 Å². The highest BCUT2D eigenvalue weighted by atomic mass is 15.2. The van der Waals surface area contributed by atoms with E-state index in [9.17, 15) is 0 Å². The summed E-state index contributed by atoms with van der Waals surface area (Å²) in [5, 5.41) is 3.58. The Hall–Kier alpha value is -1.12. The maximum atomic E-state index is 3.58. The molecule has 0 spiro atoms. The summed E-state index contributed by atoms with van der Waals surface area (Å²) >= 11 is 0. The quantitative estimate of drug-likeness (QED) is 0.621. The molecule has 19 heavy (non-hydrogen) atoms. The van der Waals surface area contributed by atoms with Crippen LogP contribution in [-0.2, 0) is 0 Å². The average Bonchev–Trinajstić information content (AvgIpc) is 2.45. The Morgan fingerprint density at radius 1 is 1.26 bits per heavy atom. The summed E-state index contributed by atoms with van der Waals surface area (Å²) in [4.78, 5) is 2.60. The van der Waals surface area contributed by atoms with Crippen molar-refractivity contribution in [3.8, 4) is 0 Å². The number of nitrogens with one attached hydrogen (secondary N) is 1. The molecule has 2 rings (SSSR count). The van der Waals surface area contributed by atoms with E-state index in [0.29, 0.717) is 6.04 Å². The number of benzene rings is 1. The van der Waals surface area contributed by atoms with E-state index in [1.165, 1.54) is 30.5 Å². The molecule has 0 amide bonds. The van der Waals surface area contributed by atoms with Gasteiger partial charge in [-0.15, -0.1) is 0 Å². The van der Waals surface area contributed by atoms with Crippen LogP contribution in [0.15, 0.2) is 42.0 Å². The van der Waals surface area contributed by atoms with Gasteiger partial charge in [0.1, 0.15) is 0 Å². The standard InChI is InChI=1S/C17H26N2/c1-3-11-18-13-17(16-9-5-4-6-10-16)19-12-7-8-15(2)14-19/h4-6,8-10,17-18H,3,7,11-14H2,1-2H3. The molecule has 1 N–H and O–H groups in total. The lowest BCUT2D eigenvalue weighted by Crippen LogP contribution is -2.39. The molecule has 0 aliphatic carbocycles. The normalized spacial score (nSPS) is 18.1. The predicted molar refractivity (Wildman–Crippen MR) is 82.3 cm³/mol. The maximum Gasteiger partial charge on any atom is 0.0476 e. The van der Waals surface area contributed by atoms with Gasteiger partial charge >= 0.3 is 0 Å². The molecule has 1 aromatic rings. The molecule has 0 saturated heterocycles. The molecular formula is C17H26N2. The van der Waals surface area contributed by atoms with Crippen LogP contribution in [0.4, 0.5) is 0 Å². The molecule has 0 bridgehead atoms. The number of nitrogens with zero attached hydrogens (tertiary/aromatic N) is 1. The molecule has 1 heterocycles. The van der Waals surface area contributed by atoms with Crippen LogP contribution >= 0.6 is 0 Å². The molecule has 1 atom stereocenters. The zero-order valence-corrected chi connectivity index (χ0v) is 12.2. The van der Waals surface area contributed by atoms with E-state index in [1.54, 1.807) is 0 Å². The Bertz CT molecular complexity index is 397. The second-order valence-corrected chi connectivity index (χ2v) is 5.44. The fourth-order valence-corrected chi connectivity index (χ4v) is 2.76. The van der Waals surface area contributed by atoms with E-state index in [-0.39, 0.29) is 0 Å². The SMILES string of the molecule is CCCNCC(c1ccccc1)N1CCC=C(C)C1. The average molecular weight is 258 g/mol. The molecule has 0 aromatic heterocycles. The van der Waals surface area contributed by atoms with Gasteiger partial charge in [-0.05, 0) is 31.9 Å². The molecule has 0 saturated carbocycles. The van der Waals surface area contributed by atoms with Gasteiger partial charge in [0.25, 0.3) is 0 Å². The second kappa shape index (κ2) is 7.46. The highest BCUT2D eigenvalue weighted by molar-refractivity contribution is 5.21. The maximum absolute atomic E-state index is 3.58. The van der Waals surface area contributed by atoms with Crippen LogP contribution in [0.1, 0.15) is 38.3 Å². The highest BCUT2D eigenvalue weighted by Gasteiger charge is 2.21. The van der Waals surface area contributed by atoms with E-state index < -0.39 is 0 Å². The first-order valence-corrected chi connectivity index (χ1v) is 7.46. The summed E-state index contributed by atoms with van der Waals surface area (Å²) in [5.41, 5.74) is 2.93. The fraction of sp³-hybridized carbons (Fsp3) is 0.529. The predicted octanol–water partition coefficient (Wildman–Crippen LogP) is 3.38. The van der Waals surface area contributed by atoms with Gasteiger partial charge in [-0.3, -0.25) is 4.90 Å². The summed E-state index contributed by atoms with van der Waals surface area (Å²) in [6, 6.07) is 11.4. The molecule has 0 radical (unpaired) electrons. The second-order valence-electron chi connectivity index (χ2n) is 5.44. The van der Waals surface area contributed by atoms with Crippen molar-refractivity contribution in [2.45, 2.75) is 32.7 Å². The van der Waals surface area contributed by atoms with Crippen LogP contribution in [0.25, 0.3) is 0 Å². The number of hydrogen-bond donors (Lipinski definition) is 1. The van der Waals surface area contributed by atoms with Crippen molar-refractivity contribution in [3.05, 3.63) is 47.5 Å². The van der Waals surface area contributed by atoms with Crippen molar-refractivity contribution in [2.75, 3.05) is 26.2 Å². The number of rotatable bonds is 6. The first-order valence-electron chi connectivity index (χ1n) is 7.46. The van der Waals surface area contributed by atoms with Crippen molar-refractivity contribution in [3.63, 3.8) is 0 Å². The molecule has 2 nitrogen and oxygen atoms in total. The van der Waals surface area contributed by atoms with Crippen molar-refractivity contribution >= 4 is 0 Å². The molecular weight excluding hydrogens is 232 g/mol. The van der Waals surface area contributed by atoms with Crippen LogP contribution in [0.5, 0.6) is 0 Å². The molecule has 0 fully saturated rings. The third kappa shape index (κ3) is 4.19. The van der Waals surface area contributed by atoms with Crippen molar-refractivity contribution in [1.82, 2.24) is 10.2 Å². The summed E-state index contributed by atoms with van der Waals surface area (Å²) < 4.78 is 0. The van der Waals surface area contributed by atoms with Crippen LogP contribution in [-0.4, -0.2) is 31.1 Å². The lowest BCUT2D eigenvalue weighted by atomic mass is 10.0. The van der Waals surface area contributed by atoms with Crippen LogP contribution in [0, 0.1) is 0 Å². The molecule has 1 aliphatic heterocycles. The summed E-state index contributed by atoms with van der Waals surface area (Å²) in [7, 11) is 0. The van der Waals surface area contributed by atoms with Crippen LogP contribution < -0.4 is 5.32 Å². The topological polar surface area (TPSA) is 15.3 Å². The monoisotopic (exact) mass is 258 g/mol. The Kier molecular flexibility index (Phi) is 5.62. The lowest BCUT2D eigenvalue weighted by Gasteiger charge is -2.34. The van der Waals surface area contributed by atoms with Gasteiger partial charge in [-0.25, -0.2) is 0 Å². The van der Waals surface area contributed by atoms with E-state index in [4.69, 9.17) is 0 Å². The molecule has 1 unspecified atom stereocenters. The zero-order valence-electron chi connectivity index (χ0n) is 12.2. The first-order chi connectivity index (χ1) is 9.31. The smallest absolute Gasteiger partial charge is 0.0476 e. The minimum absolute atomic E-state index is 0.497. The molecule has 2 heteroatoms. The fourth-order valence-electron chi connectivity index (χ4n) is 2.76. The Balaban J connectivity index is 2.08. The van der Waals surface area contributed by atoms with Crippen molar-refractivity contribution < 1.29 is 0 Å². The largest absolute Gasteiger partial charge is 0.315 e. The molecule has 1 aromatic carbocycles. The Labute approximate surface area is 117 Å². The van der Waals surface area contributed by atoms with Gasteiger partial charge in [-0.2, -0.15) is 0 Å².